The Bertz CT molecular complexity index is 1090. The van der Waals surface area contributed by atoms with Gasteiger partial charge in [0.05, 0.1) is 17.3 Å². The zero-order valence-corrected chi connectivity index (χ0v) is 16.8. The third-order valence-corrected chi connectivity index (χ3v) is 6.25. The van der Waals surface area contributed by atoms with Crippen LogP contribution < -0.4 is 10.5 Å². The van der Waals surface area contributed by atoms with Crippen LogP contribution in [0.3, 0.4) is 0 Å². The standard InChI is InChI=1S/C23H24N2OS/c1-4-15(12-24)16-5-7-17(8-6-16)21-19(26-3)11-14(2)23-22(21)18-9-10-27-20(18)13-25-23/h5-11,13,15H,4,12,24H2,1-3H3/t15-/m0/s1. The summed E-state index contributed by atoms with van der Waals surface area (Å²) in [6.07, 6.45) is 3.02. The number of aromatic nitrogens is 1. The van der Waals surface area contributed by atoms with Crippen LogP contribution in [0.5, 0.6) is 5.75 Å². The highest BCUT2D eigenvalue weighted by atomic mass is 32.1. The molecule has 0 saturated heterocycles. The fourth-order valence-corrected chi connectivity index (χ4v) is 4.62. The molecule has 4 aromatic rings. The van der Waals surface area contributed by atoms with Gasteiger partial charge in [0.25, 0.3) is 0 Å². The zero-order valence-electron chi connectivity index (χ0n) is 16.0. The second kappa shape index (κ2) is 7.29. The number of ether oxygens (including phenoxy) is 1. The van der Waals surface area contributed by atoms with Crippen molar-refractivity contribution in [2.75, 3.05) is 13.7 Å². The van der Waals surface area contributed by atoms with Crippen molar-refractivity contribution in [2.24, 2.45) is 5.73 Å². The molecule has 138 valence electrons. The van der Waals surface area contributed by atoms with E-state index in [1.54, 1.807) is 18.4 Å². The van der Waals surface area contributed by atoms with Gasteiger partial charge in [-0.2, -0.15) is 0 Å². The zero-order chi connectivity index (χ0) is 19.0. The maximum absolute atomic E-state index is 5.92. The molecule has 4 heteroatoms. The number of fused-ring (bicyclic) bond motifs is 3. The summed E-state index contributed by atoms with van der Waals surface area (Å²) < 4.78 is 6.99. The van der Waals surface area contributed by atoms with Gasteiger partial charge < -0.3 is 10.5 Å². The summed E-state index contributed by atoms with van der Waals surface area (Å²) in [4.78, 5) is 4.75. The van der Waals surface area contributed by atoms with Crippen LogP contribution in [0.1, 0.15) is 30.4 Å². The lowest BCUT2D eigenvalue weighted by Gasteiger charge is -2.17. The van der Waals surface area contributed by atoms with Crippen molar-refractivity contribution >= 4 is 32.3 Å². The van der Waals surface area contributed by atoms with Gasteiger partial charge in [-0.1, -0.05) is 31.2 Å². The van der Waals surface area contributed by atoms with Crippen molar-refractivity contribution in [3.63, 3.8) is 0 Å². The van der Waals surface area contributed by atoms with Crippen LogP contribution in [-0.4, -0.2) is 18.6 Å². The molecule has 0 amide bonds. The van der Waals surface area contributed by atoms with E-state index in [-0.39, 0.29) is 0 Å². The summed E-state index contributed by atoms with van der Waals surface area (Å²) in [5, 5.41) is 4.53. The smallest absolute Gasteiger partial charge is 0.127 e. The molecule has 2 aromatic heterocycles. The highest BCUT2D eigenvalue weighted by Crippen LogP contribution is 2.42. The molecule has 4 rings (SSSR count). The van der Waals surface area contributed by atoms with Crippen LogP contribution in [0, 0.1) is 6.92 Å². The molecule has 0 saturated carbocycles. The van der Waals surface area contributed by atoms with Crippen molar-refractivity contribution in [3.8, 4) is 16.9 Å². The van der Waals surface area contributed by atoms with Gasteiger partial charge in [0.2, 0.25) is 0 Å². The summed E-state index contributed by atoms with van der Waals surface area (Å²) in [7, 11) is 1.74. The van der Waals surface area contributed by atoms with Gasteiger partial charge in [-0.05, 0) is 60.0 Å². The molecule has 27 heavy (non-hydrogen) atoms. The Morgan fingerprint density at radius 3 is 2.63 bits per heavy atom. The number of hydrogen-bond donors (Lipinski definition) is 1. The largest absolute Gasteiger partial charge is 0.496 e. The molecular weight excluding hydrogens is 352 g/mol. The number of nitrogens with two attached hydrogens (primary N) is 1. The Kier molecular flexibility index (Phi) is 4.85. The van der Waals surface area contributed by atoms with Gasteiger partial charge in [-0.25, -0.2) is 0 Å². The number of aryl methyl sites for hydroxylation is 1. The second-order valence-corrected chi connectivity index (χ2v) is 7.86. The number of pyridine rings is 1. The van der Waals surface area contributed by atoms with Crippen LogP contribution >= 0.6 is 11.3 Å². The fraction of sp³-hybridized carbons (Fsp3) is 0.261. The predicted octanol–water partition coefficient (Wildman–Crippen LogP) is 5.89. The van der Waals surface area contributed by atoms with E-state index < -0.39 is 0 Å². The Hall–Kier alpha value is -2.43. The molecule has 2 N–H and O–H groups in total. The Morgan fingerprint density at radius 2 is 1.96 bits per heavy atom. The summed E-state index contributed by atoms with van der Waals surface area (Å²) in [6, 6.07) is 13.0. The number of benzene rings is 2. The second-order valence-electron chi connectivity index (χ2n) is 6.91. The van der Waals surface area contributed by atoms with Crippen LogP contribution in [0.25, 0.3) is 32.1 Å². The average Bonchev–Trinajstić information content (AvgIpc) is 3.18. The third kappa shape index (κ3) is 2.99. The van der Waals surface area contributed by atoms with Crippen LogP contribution in [0.4, 0.5) is 0 Å². The summed E-state index contributed by atoms with van der Waals surface area (Å²) in [6.45, 7) is 4.95. The third-order valence-electron chi connectivity index (χ3n) is 5.40. The van der Waals surface area contributed by atoms with Gasteiger partial charge in [0, 0.05) is 22.5 Å². The lowest BCUT2D eigenvalue weighted by molar-refractivity contribution is 0.416. The van der Waals surface area contributed by atoms with Gasteiger partial charge in [0.1, 0.15) is 5.75 Å². The van der Waals surface area contributed by atoms with Crippen LogP contribution in [-0.2, 0) is 0 Å². The predicted molar refractivity (Wildman–Crippen MR) is 116 cm³/mol. The minimum Gasteiger partial charge on any atom is -0.496 e. The van der Waals surface area contributed by atoms with Gasteiger partial charge in [0.15, 0.2) is 0 Å². The maximum Gasteiger partial charge on any atom is 0.127 e. The number of thiophene rings is 1. The molecular formula is C23H24N2OS. The number of nitrogens with zero attached hydrogens (tertiary/aromatic N) is 1. The fourth-order valence-electron chi connectivity index (χ4n) is 3.86. The van der Waals surface area contributed by atoms with Crippen molar-refractivity contribution in [1.82, 2.24) is 4.98 Å². The molecule has 2 aromatic carbocycles. The van der Waals surface area contributed by atoms with Gasteiger partial charge in [-0.3, -0.25) is 4.98 Å². The Balaban J connectivity index is 2.00. The first-order valence-electron chi connectivity index (χ1n) is 9.31. The topological polar surface area (TPSA) is 48.1 Å². The monoisotopic (exact) mass is 376 g/mol. The molecule has 1 atom stereocenters. The average molecular weight is 377 g/mol. The molecule has 0 spiro atoms. The van der Waals surface area contributed by atoms with Crippen molar-refractivity contribution in [1.29, 1.82) is 0 Å². The molecule has 2 heterocycles. The quantitative estimate of drug-likeness (QED) is 0.473. The molecule has 0 unspecified atom stereocenters. The lowest BCUT2D eigenvalue weighted by atomic mass is 9.91. The highest BCUT2D eigenvalue weighted by molar-refractivity contribution is 7.17. The van der Waals surface area contributed by atoms with E-state index in [1.165, 1.54) is 21.0 Å². The maximum atomic E-state index is 5.92. The van der Waals surface area contributed by atoms with E-state index >= 15 is 0 Å². The summed E-state index contributed by atoms with van der Waals surface area (Å²) in [5.74, 6) is 1.29. The van der Waals surface area contributed by atoms with Crippen LogP contribution in [0.2, 0.25) is 0 Å². The van der Waals surface area contributed by atoms with E-state index in [0.29, 0.717) is 12.5 Å². The summed E-state index contributed by atoms with van der Waals surface area (Å²) in [5.41, 5.74) is 11.6. The SMILES string of the molecule is CC[C@@H](CN)c1ccc(-c2c(OC)cc(C)c3ncc4sccc4c23)cc1. The van der Waals surface area contributed by atoms with E-state index in [4.69, 9.17) is 15.5 Å². The molecule has 0 aliphatic heterocycles. The number of methoxy groups -OCH3 is 1. The van der Waals surface area contributed by atoms with Crippen molar-refractivity contribution < 1.29 is 4.74 Å². The molecule has 0 fully saturated rings. The first-order valence-corrected chi connectivity index (χ1v) is 10.2. The summed E-state index contributed by atoms with van der Waals surface area (Å²) >= 11 is 1.72. The molecule has 0 bridgehead atoms. The Morgan fingerprint density at radius 1 is 1.19 bits per heavy atom. The number of hydrogen-bond acceptors (Lipinski definition) is 4. The van der Waals surface area contributed by atoms with Crippen molar-refractivity contribution in [3.05, 3.63) is 59.1 Å². The lowest BCUT2D eigenvalue weighted by Crippen LogP contribution is -2.11. The first-order chi connectivity index (χ1) is 13.2. The van der Waals surface area contributed by atoms with E-state index in [2.05, 4.69) is 55.6 Å². The molecule has 0 aliphatic carbocycles. The van der Waals surface area contributed by atoms with Crippen molar-refractivity contribution in [2.45, 2.75) is 26.2 Å². The minimum absolute atomic E-state index is 0.404. The van der Waals surface area contributed by atoms with E-state index in [0.717, 1.165) is 34.4 Å². The van der Waals surface area contributed by atoms with Crippen LogP contribution in [0.15, 0.2) is 48.0 Å². The number of rotatable bonds is 5. The van der Waals surface area contributed by atoms with E-state index in [9.17, 15) is 0 Å². The highest BCUT2D eigenvalue weighted by Gasteiger charge is 2.17. The first kappa shape index (κ1) is 18.0. The van der Waals surface area contributed by atoms with E-state index in [1.807, 2.05) is 6.20 Å². The van der Waals surface area contributed by atoms with Gasteiger partial charge >= 0.3 is 0 Å². The normalized spacial score (nSPS) is 12.6. The molecule has 0 aliphatic rings. The molecule has 3 nitrogen and oxygen atoms in total. The molecule has 0 radical (unpaired) electrons. The Labute approximate surface area is 163 Å². The minimum atomic E-state index is 0.404. The van der Waals surface area contributed by atoms with Gasteiger partial charge in [-0.15, -0.1) is 11.3 Å².